The monoisotopic (exact) mass is 300 g/mol. The van der Waals surface area contributed by atoms with Crippen LogP contribution in [-0.4, -0.2) is 21.1 Å². The maximum atomic E-state index is 11.8. The first-order valence-corrected chi connectivity index (χ1v) is 7.68. The minimum atomic E-state index is -0.406. The highest BCUT2D eigenvalue weighted by atomic mass is 16.6. The van der Waals surface area contributed by atoms with Gasteiger partial charge in [0.25, 0.3) is 0 Å². The van der Waals surface area contributed by atoms with Gasteiger partial charge in [-0.3, -0.25) is 4.79 Å². The highest BCUT2D eigenvalue weighted by Crippen LogP contribution is 2.15. The molecule has 4 nitrogen and oxygen atoms in total. The van der Waals surface area contributed by atoms with Gasteiger partial charge in [0.15, 0.2) is 0 Å². The summed E-state index contributed by atoms with van der Waals surface area (Å²) in [5.41, 5.74) is 2.14. The van der Waals surface area contributed by atoms with Crippen LogP contribution in [0.4, 0.5) is 0 Å². The predicted octanol–water partition coefficient (Wildman–Crippen LogP) is 3.60. The Hall–Kier alpha value is -2.10. The molecule has 0 N–H and O–H groups in total. The fourth-order valence-corrected chi connectivity index (χ4v) is 2.35. The zero-order valence-corrected chi connectivity index (χ0v) is 13.6. The van der Waals surface area contributed by atoms with E-state index < -0.39 is 5.60 Å². The van der Waals surface area contributed by atoms with Crippen LogP contribution in [0, 0.1) is 0 Å². The van der Waals surface area contributed by atoms with E-state index in [1.165, 1.54) is 11.1 Å². The third-order valence-corrected chi connectivity index (χ3v) is 3.28. The van der Waals surface area contributed by atoms with Crippen LogP contribution >= 0.6 is 0 Å². The molecule has 0 amide bonds. The molecule has 22 heavy (non-hydrogen) atoms. The number of hydrogen-bond acceptors (Lipinski definition) is 3. The molecular formula is C18H24N2O2. The van der Waals surface area contributed by atoms with Crippen LogP contribution in [-0.2, 0) is 22.5 Å². The smallest absolute Gasteiger partial charge is 0.306 e. The molecule has 0 saturated carbocycles. The molecule has 0 fully saturated rings. The number of aryl methyl sites for hydroxylation is 1. The third kappa shape index (κ3) is 5.35. The van der Waals surface area contributed by atoms with Gasteiger partial charge in [-0.25, -0.2) is 4.98 Å². The fraction of sp³-hybridized carbons (Fsp3) is 0.444. The Kier molecular flexibility index (Phi) is 5.36. The van der Waals surface area contributed by atoms with Crippen molar-refractivity contribution in [1.82, 2.24) is 9.55 Å². The number of carbonyl (C=O) groups excluding carboxylic acids is 1. The van der Waals surface area contributed by atoms with Gasteiger partial charge in [0.1, 0.15) is 5.60 Å². The molecular weight excluding hydrogens is 276 g/mol. The molecule has 2 rings (SSSR count). The van der Waals surface area contributed by atoms with Crippen molar-refractivity contribution in [1.29, 1.82) is 0 Å². The van der Waals surface area contributed by atoms with E-state index in [9.17, 15) is 4.79 Å². The second kappa shape index (κ2) is 7.25. The van der Waals surface area contributed by atoms with E-state index in [-0.39, 0.29) is 5.97 Å². The minimum Gasteiger partial charge on any atom is -0.460 e. The standard InChI is InChI=1S/C18H24N2O2/c1-18(2,3)22-17(21)10-6-9-15-7-4-5-8-16(15)13-20-12-11-19-14-20/h4-5,7-8,11-12,14H,6,9-10,13H2,1-3H3. The molecule has 0 aliphatic carbocycles. The van der Waals surface area contributed by atoms with Gasteiger partial charge in [-0.15, -0.1) is 0 Å². The van der Waals surface area contributed by atoms with Crippen molar-refractivity contribution in [2.24, 2.45) is 0 Å². The number of carbonyl (C=O) groups is 1. The van der Waals surface area contributed by atoms with E-state index in [1.807, 2.05) is 50.0 Å². The van der Waals surface area contributed by atoms with Crippen molar-refractivity contribution in [3.05, 3.63) is 54.1 Å². The second-order valence-corrected chi connectivity index (χ2v) is 6.44. The summed E-state index contributed by atoms with van der Waals surface area (Å²) >= 11 is 0. The summed E-state index contributed by atoms with van der Waals surface area (Å²) < 4.78 is 7.39. The predicted molar refractivity (Wildman–Crippen MR) is 86.6 cm³/mol. The summed E-state index contributed by atoms with van der Waals surface area (Å²) in [5.74, 6) is -0.125. The molecule has 0 bridgehead atoms. The van der Waals surface area contributed by atoms with Crippen molar-refractivity contribution >= 4 is 5.97 Å². The highest BCUT2D eigenvalue weighted by Gasteiger charge is 2.15. The molecule has 0 atom stereocenters. The first-order chi connectivity index (χ1) is 10.4. The van der Waals surface area contributed by atoms with E-state index in [0.29, 0.717) is 6.42 Å². The molecule has 1 aromatic heterocycles. The Morgan fingerprint density at radius 1 is 1.23 bits per heavy atom. The first-order valence-electron chi connectivity index (χ1n) is 7.68. The van der Waals surface area contributed by atoms with E-state index in [2.05, 4.69) is 17.1 Å². The van der Waals surface area contributed by atoms with Gasteiger partial charge >= 0.3 is 5.97 Å². The lowest BCUT2D eigenvalue weighted by Crippen LogP contribution is -2.23. The number of hydrogen-bond donors (Lipinski definition) is 0. The Bertz CT molecular complexity index is 598. The van der Waals surface area contributed by atoms with Crippen LogP contribution in [0.1, 0.15) is 44.7 Å². The number of nitrogens with zero attached hydrogens (tertiary/aromatic N) is 2. The average molecular weight is 300 g/mol. The quantitative estimate of drug-likeness (QED) is 0.766. The van der Waals surface area contributed by atoms with Gasteiger partial charge < -0.3 is 9.30 Å². The maximum Gasteiger partial charge on any atom is 0.306 e. The zero-order valence-electron chi connectivity index (χ0n) is 13.6. The van der Waals surface area contributed by atoms with Gasteiger partial charge in [-0.05, 0) is 44.7 Å². The van der Waals surface area contributed by atoms with E-state index in [4.69, 9.17) is 4.74 Å². The van der Waals surface area contributed by atoms with Crippen LogP contribution in [0.2, 0.25) is 0 Å². The van der Waals surface area contributed by atoms with Crippen LogP contribution in [0.5, 0.6) is 0 Å². The van der Waals surface area contributed by atoms with Crippen molar-refractivity contribution < 1.29 is 9.53 Å². The third-order valence-electron chi connectivity index (χ3n) is 3.28. The van der Waals surface area contributed by atoms with E-state index in [0.717, 1.165) is 19.4 Å². The van der Waals surface area contributed by atoms with Crippen LogP contribution in [0.3, 0.4) is 0 Å². The Morgan fingerprint density at radius 3 is 2.59 bits per heavy atom. The summed E-state index contributed by atoms with van der Waals surface area (Å²) in [6.07, 6.45) is 7.69. The SMILES string of the molecule is CC(C)(C)OC(=O)CCCc1ccccc1Cn1ccnc1. The first kappa shape index (κ1) is 16.3. The number of ether oxygens (including phenoxy) is 1. The summed E-state index contributed by atoms with van der Waals surface area (Å²) in [5, 5.41) is 0. The summed E-state index contributed by atoms with van der Waals surface area (Å²) in [7, 11) is 0. The second-order valence-electron chi connectivity index (χ2n) is 6.44. The van der Waals surface area contributed by atoms with Gasteiger partial charge in [0, 0.05) is 25.4 Å². The lowest BCUT2D eigenvalue weighted by molar-refractivity contribution is -0.154. The Labute approximate surface area is 132 Å². The molecule has 0 radical (unpaired) electrons. The molecule has 0 aliphatic heterocycles. The molecule has 1 aromatic carbocycles. The molecule has 0 unspecified atom stereocenters. The Morgan fingerprint density at radius 2 is 1.95 bits per heavy atom. The summed E-state index contributed by atoms with van der Waals surface area (Å²) in [4.78, 5) is 15.8. The summed E-state index contributed by atoms with van der Waals surface area (Å²) in [6.45, 7) is 6.49. The summed E-state index contributed by atoms with van der Waals surface area (Å²) in [6, 6.07) is 8.34. The van der Waals surface area contributed by atoms with Crippen molar-refractivity contribution in [2.45, 2.75) is 52.2 Å². The lowest BCUT2D eigenvalue weighted by atomic mass is 10.0. The molecule has 1 heterocycles. The highest BCUT2D eigenvalue weighted by molar-refractivity contribution is 5.69. The topological polar surface area (TPSA) is 44.1 Å². The molecule has 0 spiro atoms. The van der Waals surface area contributed by atoms with E-state index in [1.54, 1.807) is 6.20 Å². The largest absolute Gasteiger partial charge is 0.460 e. The minimum absolute atomic E-state index is 0.125. The van der Waals surface area contributed by atoms with Crippen molar-refractivity contribution in [3.63, 3.8) is 0 Å². The number of aromatic nitrogens is 2. The number of esters is 1. The fourth-order valence-electron chi connectivity index (χ4n) is 2.35. The van der Waals surface area contributed by atoms with Gasteiger partial charge in [-0.1, -0.05) is 24.3 Å². The van der Waals surface area contributed by atoms with Gasteiger partial charge in [0.2, 0.25) is 0 Å². The number of rotatable bonds is 6. The van der Waals surface area contributed by atoms with Crippen LogP contribution < -0.4 is 0 Å². The Balaban J connectivity index is 1.89. The van der Waals surface area contributed by atoms with Crippen LogP contribution in [0.15, 0.2) is 43.0 Å². The molecule has 2 aromatic rings. The molecule has 118 valence electrons. The number of benzene rings is 1. The van der Waals surface area contributed by atoms with Crippen molar-refractivity contribution in [2.75, 3.05) is 0 Å². The maximum absolute atomic E-state index is 11.8. The molecule has 0 aliphatic rings. The van der Waals surface area contributed by atoms with Gasteiger partial charge in [-0.2, -0.15) is 0 Å². The lowest BCUT2D eigenvalue weighted by Gasteiger charge is -2.19. The van der Waals surface area contributed by atoms with E-state index >= 15 is 0 Å². The normalized spacial score (nSPS) is 11.4. The molecule has 4 heteroatoms. The average Bonchev–Trinajstić information content (AvgIpc) is 2.91. The van der Waals surface area contributed by atoms with Gasteiger partial charge in [0.05, 0.1) is 6.33 Å². The van der Waals surface area contributed by atoms with Crippen LogP contribution in [0.25, 0.3) is 0 Å². The zero-order chi connectivity index (χ0) is 16.0. The molecule has 0 saturated heterocycles. The van der Waals surface area contributed by atoms with Crippen molar-refractivity contribution in [3.8, 4) is 0 Å². The number of imidazole rings is 1.